The fourth-order valence-electron chi connectivity index (χ4n) is 0.610. The summed E-state index contributed by atoms with van der Waals surface area (Å²) in [6, 6.07) is 0. The third-order valence-electron chi connectivity index (χ3n) is 1.76. The first-order valence-corrected chi connectivity index (χ1v) is 3.43. The Hall–Kier alpha value is -0.830. The molecule has 64 valence electrons. The maximum absolute atomic E-state index is 10.6. The lowest BCUT2D eigenvalue weighted by Gasteiger charge is -2.18. The fraction of sp³-hybridized carbons (Fsp3) is 0.625. The van der Waals surface area contributed by atoms with Gasteiger partial charge in [-0.1, -0.05) is 6.08 Å². The maximum Gasteiger partial charge on any atom is 0.313 e. The molecule has 3 heteroatoms. The Bertz CT molecular complexity index is 153. The van der Waals surface area contributed by atoms with E-state index in [0.717, 1.165) is 0 Å². The van der Waals surface area contributed by atoms with Gasteiger partial charge < -0.3 is 9.84 Å². The van der Waals surface area contributed by atoms with E-state index in [4.69, 9.17) is 9.84 Å². The third-order valence-corrected chi connectivity index (χ3v) is 1.76. The van der Waals surface area contributed by atoms with Crippen molar-refractivity contribution < 1.29 is 14.6 Å². The van der Waals surface area contributed by atoms with Crippen LogP contribution in [0.5, 0.6) is 0 Å². The molecule has 1 unspecified atom stereocenters. The van der Waals surface area contributed by atoms with Crippen LogP contribution < -0.4 is 0 Å². The lowest BCUT2D eigenvalue weighted by molar-refractivity contribution is -0.145. The Morgan fingerprint density at radius 3 is 2.64 bits per heavy atom. The van der Waals surface area contributed by atoms with Crippen molar-refractivity contribution in [3.05, 3.63) is 12.7 Å². The summed E-state index contributed by atoms with van der Waals surface area (Å²) in [5.41, 5.74) is -0.851. The second kappa shape index (κ2) is 4.13. The van der Waals surface area contributed by atoms with Gasteiger partial charge in [-0.25, -0.2) is 0 Å². The molecule has 0 spiro atoms. The van der Waals surface area contributed by atoms with Gasteiger partial charge >= 0.3 is 5.97 Å². The minimum Gasteiger partial charge on any atom is -0.481 e. The quantitative estimate of drug-likeness (QED) is 0.613. The highest BCUT2D eigenvalue weighted by molar-refractivity contribution is 5.76. The molecule has 1 N–H and O–H groups in total. The average molecular weight is 158 g/mol. The molecule has 11 heavy (non-hydrogen) atoms. The van der Waals surface area contributed by atoms with Crippen molar-refractivity contribution >= 4 is 5.97 Å². The van der Waals surface area contributed by atoms with Gasteiger partial charge in [0.05, 0.1) is 5.41 Å². The van der Waals surface area contributed by atoms with Crippen molar-refractivity contribution in [1.82, 2.24) is 0 Å². The predicted octanol–water partition coefficient (Wildman–Crippen LogP) is 1.30. The molecule has 0 aliphatic heterocycles. The Kier molecular flexibility index (Phi) is 3.82. The lowest BCUT2D eigenvalue weighted by Crippen LogP contribution is -2.26. The number of carbonyl (C=O) groups is 1. The molecule has 0 radical (unpaired) electrons. The van der Waals surface area contributed by atoms with E-state index in [1.54, 1.807) is 14.0 Å². The van der Waals surface area contributed by atoms with Gasteiger partial charge in [0, 0.05) is 13.7 Å². The summed E-state index contributed by atoms with van der Waals surface area (Å²) in [5.74, 6) is -0.857. The second-order valence-corrected chi connectivity index (χ2v) is 2.67. The zero-order chi connectivity index (χ0) is 8.91. The van der Waals surface area contributed by atoms with E-state index in [9.17, 15) is 4.79 Å². The molecule has 1 atom stereocenters. The molecule has 0 amide bonds. The van der Waals surface area contributed by atoms with Gasteiger partial charge in [0.1, 0.15) is 0 Å². The second-order valence-electron chi connectivity index (χ2n) is 2.67. The van der Waals surface area contributed by atoms with Crippen molar-refractivity contribution in [2.24, 2.45) is 5.41 Å². The zero-order valence-electron chi connectivity index (χ0n) is 6.96. The predicted molar refractivity (Wildman–Crippen MR) is 42.4 cm³/mol. The first-order valence-electron chi connectivity index (χ1n) is 3.43. The summed E-state index contributed by atoms with van der Waals surface area (Å²) < 4.78 is 4.78. The maximum atomic E-state index is 10.6. The molecule has 0 saturated carbocycles. The van der Waals surface area contributed by atoms with Crippen LogP contribution in [0.2, 0.25) is 0 Å². The van der Waals surface area contributed by atoms with E-state index in [1.165, 1.54) is 6.08 Å². The highest BCUT2D eigenvalue weighted by atomic mass is 16.5. The van der Waals surface area contributed by atoms with Crippen LogP contribution in [0.1, 0.15) is 13.3 Å². The monoisotopic (exact) mass is 158 g/mol. The van der Waals surface area contributed by atoms with E-state index in [1.807, 2.05) is 0 Å². The van der Waals surface area contributed by atoms with Gasteiger partial charge in [-0.05, 0) is 13.3 Å². The number of hydrogen-bond acceptors (Lipinski definition) is 2. The van der Waals surface area contributed by atoms with E-state index in [2.05, 4.69) is 6.58 Å². The Morgan fingerprint density at radius 1 is 1.82 bits per heavy atom. The Labute approximate surface area is 66.7 Å². The number of carboxylic acids is 1. The first kappa shape index (κ1) is 10.2. The number of aliphatic carboxylic acids is 1. The van der Waals surface area contributed by atoms with E-state index < -0.39 is 11.4 Å². The van der Waals surface area contributed by atoms with Gasteiger partial charge in [0.15, 0.2) is 0 Å². The van der Waals surface area contributed by atoms with Crippen LogP contribution in [0.4, 0.5) is 0 Å². The molecule has 0 aromatic heterocycles. The lowest BCUT2D eigenvalue weighted by atomic mass is 9.88. The summed E-state index contributed by atoms with van der Waals surface area (Å²) in [7, 11) is 1.55. The summed E-state index contributed by atoms with van der Waals surface area (Å²) in [6.45, 7) is 5.54. The van der Waals surface area contributed by atoms with Crippen molar-refractivity contribution in [2.75, 3.05) is 13.7 Å². The summed E-state index contributed by atoms with van der Waals surface area (Å²) in [5, 5.41) is 8.73. The van der Waals surface area contributed by atoms with Crippen LogP contribution in [0, 0.1) is 5.41 Å². The molecule has 3 nitrogen and oxygen atoms in total. The van der Waals surface area contributed by atoms with Gasteiger partial charge in [0.2, 0.25) is 0 Å². The van der Waals surface area contributed by atoms with E-state index in [0.29, 0.717) is 13.0 Å². The average Bonchev–Trinajstić information content (AvgIpc) is 2.00. The third kappa shape index (κ3) is 2.72. The van der Waals surface area contributed by atoms with Gasteiger partial charge in [-0.3, -0.25) is 4.79 Å². The molecule has 0 aliphatic carbocycles. The topological polar surface area (TPSA) is 46.5 Å². The number of hydrogen-bond donors (Lipinski definition) is 1. The van der Waals surface area contributed by atoms with Gasteiger partial charge in [-0.2, -0.15) is 0 Å². The molecule has 0 aromatic rings. The summed E-state index contributed by atoms with van der Waals surface area (Å²) in [6.07, 6.45) is 1.90. The highest BCUT2D eigenvalue weighted by Crippen LogP contribution is 2.22. The molecular weight excluding hydrogens is 144 g/mol. The van der Waals surface area contributed by atoms with Crippen LogP contribution in [0.3, 0.4) is 0 Å². The zero-order valence-corrected chi connectivity index (χ0v) is 6.96. The number of methoxy groups -OCH3 is 1. The van der Waals surface area contributed by atoms with Crippen LogP contribution in [-0.2, 0) is 9.53 Å². The number of carboxylic acid groups (broad SMARTS) is 1. The summed E-state index contributed by atoms with van der Waals surface area (Å²) >= 11 is 0. The van der Waals surface area contributed by atoms with Gasteiger partial charge in [0.25, 0.3) is 0 Å². The van der Waals surface area contributed by atoms with Crippen molar-refractivity contribution in [3.63, 3.8) is 0 Å². The van der Waals surface area contributed by atoms with Crippen molar-refractivity contribution in [2.45, 2.75) is 13.3 Å². The van der Waals surface area contributed by atoms with Crippen molar-refractivity contribution in [1.29, 1.82) is 0 Å². The minimum atomic E-state index is -0.857. The molecule has 0 bridgehead atoms. The number of rotatable bonds is 5. The molecule has 0 heterocycles. The summed E-state index contributed by atoms with van der Waals surface area (Å²) in [4.78, 5) is 10.6. The molecule has 0 fully saturated rings. The molecular formula is C8H14O3. The van der Waals surface area contributed by atoms with Crippen LogP contribution in [0.25, 0.3) is 0 Å². The minimum absolute atomic E-state index is 0.439. The first-order chi connectivity index (χ1) is 5.06. The highest BCUT2D eigenvalue weighted by Gasteiger charge is 2.28. The Morgan fingerprint density at radius 2 is 2.36 bits per heavy atom. The van der Waals surface area contributed by atoms with Crippen LogP contribution >= 0.6 is 0 Å². The molecule has 0 rings (SSSR count). The van der Waals surface area contributed by atoms with E-state index >= 15 is 0 Å². The number of ether oxygens (including phenoxy) is 1. The van der Waals surface area contributed by atoms with E-state index in [-0.39, 0.29) is 0 Å². The van der Waals surface area contributed by atoms with Crippen LogP contribution in [0.15, 0.2) is 12.7 Å². The van der Waals surface area contributed by atoms with Crippen molar-refractivity contribution in [3.8, 4) is 0 Å². The molecule has 0 aromatic carbocycles. The SMILES string of the molecule is C=CC(C)(CCOC)C(=O)O. The smallest absolute Gasteiger partial charge is 0.313 e. The molecule has 0 aliphatic rings. The van der Waals surface area contributed by atoms with Crippen LogP contribution in [-0.4, -0.2) is 24.8 Å². The standard InChI is InChI=1S/C8H14O3/c1-4-8(2,7(9)10)5-6-11-3/h4H,1,5-6H2,2-3H3,(H,9,10). The normalized spacial score (nSPS) is 15.5. The Balaban J connectivity index is 4.10. The largest absolute Gasteiger partial charge is 0.481 e. The van der Waals surface area contributed by atoms with Gasteiger partial charge in [-0.15, -0.1) is 6.58 Å². The fourth-order valence-corrected chi connectivity index (χ4v) is 0.610. The molecule has 0 saturated heterocycles.